The molecule has 7 nitrogen and oxygen atoms in total. The van der Waals surface area contributed by atoms with Gasteiger partial charge in [-0.05, 0) is 38.4 Å². The van der Waals surface area contributed by atoms with Crippen LogP contribution in [0.1, 0.15) is 10.4 Å². The predicted molar refractivity (Wildman–Crippen MR) is 142 cm³/mol. The molecule has 1 aliphatic heterocycles. The summed E-state index contributed by atoms with van der Waals surface area (Å²) in [6, 6.07) is 18.8. The smallest absolute Gasteiger partial charge is 0.254 e. The maximum atomic E-state index is 13.8. The highest BCUT2D eigenvalue weighted by molar-refractivity contribution is 6.26. The van der Waals surface area contributed by atoms with Crippen molar-refractivity contribution in [3.05, 3.63) is 60.2 Å². The van der Waals surface area contributed by atoms with Gasteiger partial charge in [-0.3, -0.25) is 4.79 Å². The van der Waals surface area contributed by atoms with Gasteiger partial charge in [0, 0.05) is 31.7 Å². The van der Waals surface area contributed by atoms with Gasteiger partial charge in [-0.25, -0.2) is 0 Å². The molecule has 0 aromatic heterocycles. The molecule has 190 valence electrons. The van der Waals surface area contributed by atoms with Crippen molar-refractivity contribution in [2.75, 3.05) is 79.0 Å². The standard InChI is InChI=1S/C29H34N2O5/c32-29(31-12-16-35-20-18-33-14-10-30-11-15-34-19-21-36-17-13-31)26-9-7-24-5-4-22-2-1-3-23-6-8-25(26)28(24)27(22)23/h1-9,30H,10-21H2. The summed E-state index contributed by atoms with van der Waals surface area (Å²) in [4.78, 5) is 15.7. The quantitative estimate of drug-likeness (QED) is 0.411. The van der Waals surface area contributed by atoms with Gasteiger partial charge in [-0.15, -0.1) is 0 Å². The molecular formula is C29H34N2O5. The average molecular weight is 491 g/mol. The van der Waals surface area contributed by atoms with Gasteiger partial charge >= 0.3 is 0 Å². The van der Waals surface area contributed by atoms with Crippen LogP contribution in [0.2, 0.25) is 0 Å². The number of nitrogens with one attached hydrogen (secondary N) is 1. The Balaban J connectivity index is 1.35. The number of carbonyl (C=O) groups excluding carboxylic acids is 1. The molecule has 1 N–H and O–H groups in total. The van der Waals surface area contributed by atoms with Crippen molar-refractivity contribution in [2.45, 2.75) is 0 Å². The first kappa shape index (κ1) is 24.9. The molecule has 1 aliphatic rings. The van der Waals surface area contributed by atoms with Crippen LogP contribution in [-0.2, 0) is 18.9 Å². The molecule has 0 radical (unpaired) electrons. The van der Waals surface area contributed by atoms with Gasteiger partial charge in [0.1, 0.15) is 0 Å². The third-order valence-corrected chi connectivity index (χ3v) is 6.65. The zero-order valence-electron chi connectivity index (χ0n) is 20.7. The molecule has 1 saturated heterocycles. The van der Waals surface area contributed by atoms with Gasteiger partial charge in [0.2, 0.25) is 0 Å². The van der Waals surface area contributed by atoms with E-state index in [1.54, 1.807) is 0 Å². The Morgan fingerprint density at radius 1 is 0.611 bits per heavy atom. The molecule has 7 heteroatoms. The van der Waals surface area contributed by atoms with Gasteiger partial charge in [0.25, 0.3) is 5.91 Å². The van der Waals surface area contributed by atoms with Crippen molar-refractivity contribution in [3.63, 3.8) is 0 Å². The lowest BCUT2D eigenvalue weighted by atomic mass is 9.91. The summed E-state index contributed by atoms with van der Waals surface area (Å²) in [5.74, 6) is -0.00638. The number of carbonyl (C=O) groups is 1. The number of benzene rings is 4. The van der Waals surface area contributed by atoms with Crippen molar-refractivity contribution >= 4 is 38.2 Å². The molecule has 0 unspecified atom stereocenters. The number of nitrogens with zero attached hydrogens (tertiary/aromatic N) is 1. The van der Waals surface area contributed by atoms with Gasteiger partial charge in [0.15, 0.2) is 0 Å². The minimum atomic E-state index is -0.00638. The van der Waals surface area contributed by atoms with Crippen molar-refractivity contribution in [3.8, 4) is 0 Å². The number of rotatable bonds is 1. The van der Waals surface area contributed by atoms with Gasteiger partial charge < -0.3 is 29.2 Å². The third kappa shape index (κ3) is 5.77. The third-order valence-electron chi connectivity index (χ3n) is 6.65. The van der Waals surface area contributed by atoms with E-state index in [-0.39, 0.29) is 5.91 Å². The molecule has 4 aromatic rings. The van der Waals surface area contributed by atoms with Gasteiger partial charge in [0.05, 0.1) is 52.9 Å². The molecular weight excluding hydrogens is 456 g/mol. The number of hydrogen-bond acceptors (Lipinski definition) is 6. The molecule has 1 fully saturated rings. The molecule has 0 atom stereocenters. The Labute approximate surface area is 211 Å². The van der Waals surface area contributed by atoms with E-state index in [0.717, 1.165) is 29.2 Å². The fraction of sp³-hybridized carbons (Fsp3) is 0.414. The summed E-state index contributed by atoms with van der Waals surface area (Å²) in [6.45, 7) is 6.75. The summed E-state index contributed by atoms with van der Waals surface area (Å²) < 4.78 is 22.7. The summed E-state index contributed by atoms with van der Waals surface area (Å²) >= 11 is 0. The van der Waals surface area contributed by atoms with Crippen LogP contribution >= 0.6 is 0 Å². The summed E-state index contributed by atoms with van der Waals surface area (Å²) in [7, 11) is 0. The van der Waals surface area contributed by atoms with Crippen molar-refractivity contribution in [1.29, 1.82) is 0 Å². The maximum absolute atomic E-state index is 13.8. The van der Waals surface area contributed by atoms with Gasteiger partial charge in [-0.1, -0.05) is 48.5 Å². The molecule has 0 spiro atoms. The Morgan fingerprint density at radius 3 is 1.78 bits per heavy atom. The van der Waals surface area contributed by atoms with Crippen molar-refractivity contribution in [1.82, 2.24) is 10.2 Å². The molecule has 1 heterocycles. The van der Waals surface area contributed by atoms with Crippen LogP contribution in [0, 0.1) is 0 Å². The SMILES string of the molecule is O=C(c1ccc2ccc3cccc4ccc1c2c34)N1CCOCCOCCNCCOCCOCC1. The number of ether oxygens (including phenoxy) is 4. The Kier molecular flexibility index (Phi) is 8.59. The first-order valence-corrected chi connectivity index (χ1v) is 12.8. The first-order valence-electron chi connectivity index (χ1n) is 12.8. The summed E-state index contributed by atoms with van der Waals surface area (Å²) in [6.07, 6.45) is 0. The molecule has 5 rings (SSSR count). The van der Waals surface area contributed by atoms with E-state index < -0.39 is 0 Å². The second-order valence-corrected chi connectivity index (χ2v) is 8.96. The highest BCUT2D eigenvalue weighted by Gasteiger charge is 2.20. The lowest BCUT2D eigenvalue weighted by molar-refractivity contribution is 0.0200. The Hall–Kier alpha value is -2.81. The average Bonchev–Trinajstić information content (AvgIpc) is 2.91. The zero-order chi connectivity index (χ0) is 24.6. The van der Waals surface area contributed by atoms with E-state index in [9.17, 15) is 4.79 Å². The second kappa shape index (κ2) is 12.4. The minimum absolute atomic E-state index is 0.00638. The molecule has 4 aromatic carbocycles. The van der Waals surface area contributed by atoms with Crippen LogP contribution in [0.15, 0.2) is 54.6 Å². The lowest BCUT2D eigenvalue weighted by Crippen LogP contribution is -2.37. The highest BCUT2D eigenvalue weighted by Crippen LogP contribution is 2.36. The van der Waals surface area contributed by atoms with Crippen LogP contribution in [-0.4, -0.2) is 89.8 Å². The minimum Gasteiger partial charge on any atom is -0.378 e. The molecule has 0 aliphatic carbocycles. The van der Waals surface area contributed by atoms with E-state index in [1.807, 2.05) is 11.0 Å². The van der Waals surface area contributed by atoms with E-state index >= 15 is 0 Å². The fourth-order valence-corrected chi connectivity index (χ4v) is 4.81. The lowest BCUT2D eigenvalue weighted by Gasteiger charge is -2.24. The highest BCUT2D eigenvalue weighted by atomic mass is 16.5. The summed E-state index contributed by atoms with van der Waals surface area (Å²) in [5, 5.41) is 10.1. The van der Waals surface area contributed by atoms with E-state index in [0.29, 0.717) is 71.5 Å². The van der Waals surface area contributed by atoms with E-state index in [2.05, 4.69) is 53.8 Å². The van der Waals surface area contributed by atoms with Crippen LogP contribution in [0.25, 0.3) is 32.3 Å². The zero-order valence-corrected chi connectivity index (χ0v) is 20.7. The van der Waals surface area contributed by atoms with Gasteiger partial charge in [-0.2, -0.15) is 0 Å². The van der Waals surface area contributed by atoms with E-state index in [4.69, 9.17) is 18.9 Å². The monoisotopic (exact) mass is 490 g/mol. The Bertz CT molecular complexity index is 1240. The van der Waals surface area contributed by atoms with Crippen LogP contribution in [0.3, 0.4) is 0 Å². The number of amides is 1. The fourth-order valence-electron chi connectivity index (χ4n) is 4.81. The van der Waals surface area contributed by atoms with E-state index in [1.165, 1.54) is 16.2 Å². The maximum Gasteiger partial charge on any atom is 0.254 e. The molecule has 0 saturated carbocycles. The normalized spacial score (nSPS) is 18.4. The van der Waals surface area contributed by atoms with Crippen LogP contribution in [0.4, 0.5) is 0 Å². The Morgan fingerprint density at radius 2 is 1.14 bits per heavy atom. The van der Waals surface area contributed by atoms with Crippen LogP contribution in [0.5, 0.6) is 0 Å². The topological polar surface area (TPSA) is 69.3 Å². The molecule has 0 bridgehead atoms. The predicted octanol–water partition coefficient (Wildman–Crippen LogP) is 3.70. The number of hydrogen-bond donors (Lipinski definition) is 1. The second-order valence-electron chi connectivity index (χ2n) is 8.96. The van der Waals surface area contributed by atoms with Crippen LogP contribution < -0.4 is 5.32 Å². The molecule has 36 heavy (non-hydrogen) atoms. The summed E-state index contributed by atoms with van der Waals surface area (Å²) in [5.41, 5.74) is 0.710. The molecule has 1 amide bonds. The van der Waals surface area contributed by atoms with Crippen molar-refractivity contribution < 1.29 is 23.7 Å². The first-order chi connectivity index (χ1) is 17.8. The van der Waals surface area contributed by atoms with Crippen molar-refractivity contribution in [2.24, 2.45) is 0 Å². The largest absolute Gasteiger partial charge is 0.378 e.